The quantitative estimate of drug-likeness (QED) is 0.791. The number of hydrogen-bond acceptors (Lipinski definition) is 3. The van der Waals surface area contributed by atoms with Crippen LogP contribution in [0.3, 0.4) is 0 Å². The Kier molecular flexibility index (Phi) is 5.84. The van der Waals surface area contributed by atoms with E-state index >= 15 is 0 Å². The molecule has 0 aromatic heterocycles. The molecule has 96 valence electrons. The topological polar surface area (TPSA) is 44.5 Å². The largest absolute Gasteiger partial charge is 0.493 e. The van der Waals surface area contributed by atoms with Gasteiger partial charge in [-0.05, 0) is 31.0 Å². The van der Waals surface area contributed by atoms with Crippen LogP contribution in [-0.2, 0) is 0 Å². The number of hydrogen-bond donors (Lipinski definition) is 1. The van der Waals surface area contributed by atoms with Crippen LogP contribution >= 0.6 is 0 Å². The molecule has 0 aliphatic heterocycles. The number of methoxy groups -OCH3 is 1. The summed E-state index contributed by atoms with van der Waals surface area (Å²) in [6.45, 7) is 4.77. The van der Waals surface area contributed by atoms with Crippen LogP contribution in [0.25, 0.3) is 0 Å². The molecule has 3 nitrogen and oxygen atoms in total. The van der Waals surface area contributed by atoms with Gasteiger partial charge in [-0.2, -0.15) is 0 Å². The fourth-order valence-electron chi connectivity index (χ4n) is 1.78. The smallest absolute Gasteiger partial charge is 0.161 e. The molecular formula is C14H23NO2. The van der Waals surface area contributed by atoms with Gasteiger partial charge in [0.2, 0.25) is 0 Å². The predicted octanol–water partition coefficient (Wildman–Crippen LogP) is 3.28. The number of ether oxygens (including phenoxy) is 2. The van der Waals surface area contributed by atoms with Crippen molar-refractivity contribution in [3.63, 3.8) is 0 Å². The lowest BCUT2D eigenvalue weighted by Crippen LogP contribution is -2.10. The Balaban J connectivity index is 2.80. The molecule has 1 aromatic rings. The van der Waals surface area contributed by atoms with Crippen molar-refractivity contribution in [1.82, 2.24) is 0 Å². The molecule has 0 aliphatic carbocycles. The second-order valence-corrected chi connectivity index (χ2v) is 4.09. The summed E-state index contributed by atoms with van der Waals surface area (Å²) in [5.41, 5.74) is 7.24. The molecule has 1 aromatic carbocycles. The van der Waals surface area contributed by atoms with Gasteiger partial charge in [0.25, 0.3) is 0 Å². The second-order valence-electron chi connectivity index (χ2n) is 4.09. The molecule has 0 amide bonds. The molecular weight excluding hydrogens is 214 g/mol. The minimum atomic E-state index is 0.0829. The van der Waals surface area contributed by atoms with E-state index < -0.39 is 0 Å². The van der Waals surface area contributed by atoms with Gasteiger partial charge in [0.1, 0.15) is 0 Å². The molecule has 0 spiro atoms. The van der Waals surface area contributed by atoms with E-state index in [4.69, 9.17) is 15.2 Å². The molecule has 0 radical (unpaired) electrons. The van der Waals surface area contributed by atoms with E-state index in [0.29, 0.717) is 6.61 Å². The first-order chi connectivity index (χ1) is 8.22. The number of nitrogens with two attached hydrogens (primary N) is 1. The van der Waals surface area contributed by atoms with Gasteiger partial charge in [-0.1, -0.05) is 25.8 Å². The molecule has 0 saturated heterocycles. The maximum atomic E-state index is 6.13. The number of rotatable bonds is 7. The van der Waals surface area contributed by atoms with E-state index in [-0.39, 0.29) is 6.04 Å². The second kappa shape index (κ2) is 7.17. The van der Waals surface area contributed by atoms with Crippen molar-refractivity contribution in [3.8, 4) is 11.5 Å². The zero-order chi connectivity index (χ0) is 12.7. The fraction of sp³-hybridized carbons (Fsp3) is 0.571. The Hall–Kier alpha value is -1.22. The van der Waals surface area contributed by atoms with Gasteiger partial charge in [0.05, 0.1) is 13.7 Å². The van der Waals surface area contributed by atoms with Gasteiger partial charge in [-0.3, -0.25) is 0 Å². The molecule has 17 heavy (non-hydrogen) atoms. The lowest BCUT2D eigenvalue weighted by Gasteiger charge is -2.15. The lowest BCUT2D eigenvalue weighted by atomic mass is 10.0. The van der Waals surface area contributed by atoms with Crippen molar-refractivity contribution >= 4 is 0 Å². The highest BCUT2D eigenvalue weighted by atomic mass is 16.5. The third-order valence-corrected chi connectivity index (χ3v) is 2.78. The van der Waals surface area contributed by atoms with Crippen molar-refractivity contribution in [3.05, 3.63) is 23.8 Å². The van der Waals surface area contributed by atoms with Crippen molar-refractivity contribution in [1.29, 1.82) is 0 Å². The highest BCUT2D eigenvalue weighted by Gasteiger charge is 2.10. The first kappa shape index (κ1) is 13.8. The Morgan fingerprint density at radius 3 is 2.59 bits per heavy atom. The molecule has 0 unspecified atom stereocenters. The molecule has 0 heterocycles. The SMILES string of the molecule is CCCC[C@@H](N)c1ccc(OCC)c(OC)c1. The van der Waals surface area contributed by atoms with E-state index in [2.05, 4.69) is 6.92 Å². The fourth-order valence-corrected chi connectivity index (χ4v) is 1.78. The van der Waals surface area contributed by atoms with Crippen LogP contribution in [0, 0.1) is 0 Å². The zero-order valence-electron chi connectivity index (χ0n) is 11.0. The molecule has 2 N–H and O–H groups in total. The van der Waals surface area contributed by atoms with E-state index in [0.717, 1.165) is 29.9 Å². The zero-order valence-corrected chi connectivity index (χ0v) is 11.0. The van der Waals surface area contributed by atoms with Crippen molar-refractivity contribution in [2.45, 2.75) is 39.2 Å². The summed E-state index contributed by atoms with van der Waals surface area (Å²) in [6.07, 6.45) is 3.33. The third-order valence-electron chi connectivity index (χ3n) is 2.78. The van der Waals surface area contributed by atoms with Crippen molar-refractivity contribution < 1.29 is 9.47 Å². The van der Waals surface area contributed by atoms with E-state index in [9.17, 15) is 0 Å². The van der Waals surface area contributed by atoms with Gasteiger partial charge in [0.15, 0.2) is 11.5 Å². The van der Waals surface area contributed by atoms with Gasteiger partial charge in [-0.15, -0.1) is 0 Å². The first-order valence-electron chi connectivity index (χ1n) is 6.29. The van der Waals surface area contributed by atoms with Crippen LogP contribution in [0.15, 0.2) is 18.2 Å². The Labute approximate surface area is 104 Å². The van der Waals surface area contributed by atoms with Crippen LogP contribution in [0.5, 0.6) is 11.5 Å². The first-order valence-corrected chi connectivity index (χ1v) is 6.29. The Morgan fingerprint density at radius 1 is 1.24 bits per heavy atom. The van der Waals surface area contributed by atoms with Crippen LogP contribution in [0.1, 0.15) is 44.7 Å². The van der Waals surface area contributed by atoms with Gasteiger partial charge >= 0.3 is 0 Å². The summed E-state index contributed by atoms with van der Waals surface area (Å²) < 4.78 is 10.8. The van der Waals surface area contributed by atoms with E-state index in [1.54, 1.807) is 7.11 Å². The molecule has 0 fully saturated rings. The Morgan fingerprint density at radius 2 is 2.00 bits per heavy atom. The standard InChI is InChI=1S/C14H23NO2/c1-4-6-7-12(15)11-8-9-13(17-5-2)14(10-11)16-3/h8-10,12H,4-7,15H2,1-3H3/t12-/m1/s1. The van der Waals surface area contributed by atoms with Crippen molar-refractivity contribution in [2.24, 2.45) is 5.73 Å². The average Bonchev–Trinajstić information content (AvgIpc) is 2.36. The third kappa shape index (κ3) is 3.93. The molecule has 0 saturated carbocycles. The van der Waals surface area contributed by atoms with E-state index in [1.807, 2.05) is 25.1 Å². The maximum absolute atomic E-state index is 6.13. The summed E-state index contributed by atoms with van der Waals surface area (Å²) in [5.74, 6) is 1.54. The van der Waals surface area contributed by atoms with Gasteiger partial charge < -0.3 is 15.2 Å². The minimum absolute atomic E-state index is 0.0829. The summed E-state index contributed by atoms with van der Waals surface area (Å²) >= 11 is 0. The molecule has 3 heteroatoms. The van der Waals surface area contributed by atoms with Crippen LogP contribution in [-0.4, -0.2) is 13.7 Å². The van der Waals surface area contributed by atoms with Gasteiger partial charge in [0, 0.05) is 6.04 Å². The predicted molar refractivity (Wildman–Crippen MR) is 70.6 cm³/mol. The summed E-state index contributed by atoms with van der Waals surface area (Å²) in [4.78, 5) is 0. The molecule has 1 rings (SSSR count). The molecule has 1 atom stereocenters. The summed E-state index contributed by atoms with van der Waals surface area (Å²) in [6, 6.07) is 6.02. The number of unbranched alkanes of at least 4 members (excludes halogenated alkanes) is 1. The normalized spacial score (nSPS) is 12.2. The van der Waals surface area contributed by atoms with Crippen LogP contribution in [0.4, 0.5) is 0 Å². The van der Waals surface area contributed by atoms with Crippen LogP contribution in [0.2, 0.25) is 0 Å². The molecule has 0 aliphatic rings. The number of benzene rings is 1. The lowest BCUT2D eigenvalue weighted by molar-refractivity contribution is 0.310. The highest BCUT2D eigenvalue weighted by Crippen LogP contribution is 2.30. The summed E-state index contributed by atoms with van der Waals surface area (Å²) in [5, 5.41) is 0. The van der Waals surface area contributed by atoms with Gasteiger partial charge in [-0.25, -0.2) is 0 Å². The molecule has 0 bridgehead atoms. The summed E-state index contributed by atoms with van der Waals surface area (Å²) in [7, 11) is 1.65. The van der Waals surface area contributed by atoms with E-state index in [1.165, 1.54) is 6.42 Å². The maximum Gasteiger partial charge on any atom is 0.161 e. The highest BCUT2D eigenvalue weighted by molar-refractivity contribution is 5.43. The monoisotopic (exact) mass is 237 g/mol. The average molecular weight is 237 g/mol. The van der Waals surface area contributed by atoms with Crippen LogP contribution < -0.4 is 15.2 Å². The Bertz CT molecular complexity index is 339. The minimum Gasteiger partial charge on any atom is -0.493 e. The van der Waals surface area contributed by atoms with Crippen molar-refractivity contribution in [2.75, 3.05) is 13.7 Å².